The van der Waals surface area contributed by atoms with Crippen molar-refractivity contribution in [3.63, 3.8) is 0 Å². The Morgan fingerprint density at radius 2 is 1.79 bits per heavy atom. The van der Waals surface area contributed by atoms with Crippen LogP contribution in [-0.4, -0.2) is 28.2 Å². The second kappa shape index (κ2) is 10.2. The standard InChI is InChI=1S/C27H23NO4S2/c1-17-8-7-11-21(14-17)26(30)32-22-13-12-19(15-23(22)31-3)16-24-25(29)28(27(33)34-24)18(2)20-9-5-4-6-10-20/h4-16,18H,1-3H3/b24-16+/t18-/m0/s1. The minimum atomic E-state index is -0.467. The van der Waals surface area contributed by atoms with Crippen LogP contribution in [0.3, 0.4) is 0 Å². The van der Waals surface area contributed by atoms with E-state index in [2.05, 4.69) is 0 Å². The van der Waals surface area contributed by atoms with Crippen molar-refractivity contribution in [2.45, 2.75) is 19.9 Å². The maximum absolute atomic E-state index is 13.1. The Bertz CT molecular complexity index is 1290. The maximum atomic E-state index is 13.1. The summed E-state index contributed by atoms with van der Waals surface area (Å²) in [7, 11) is 1.50. The molecule has 3 aromatic carbocycles. The first-order valence-electron chi connectivity index (χ1n) is 10.7. The number of amides is 1. The minimum Gasteiger partial charge on any atom is -0.493 e. The van der Waals surface area contributed by atoms with Crippen molar-refractivity contribution in [3.8, 4) is 11.5 Å². The fraction of sp³-hybridized carbons (Fsp3) is 0.148. The molecule has 0 aliphatic carbocycles. The number of ether oxygens (including phenoxy) is 2. The highest BCUT2D eigenvalue weighted by atomic mass is 32.2. The van der Waals surface area contributed by atoms with Crippen LogP contribution in [-0.2, 0) is 4.79 Å². The number of aryl methyl sites for hydroxylation is 1. The molecule has 0 saturated carbocycles. The van der Waals surface area contributed by atoms with Crippen LogP contribution in [0.25, 0.3) is 6.08 Å². The normalized spacial score (nSPS) is 15.5. The molecule has 172 valence electrons. The van der Waals surface area contributed by atoms with Gasteiger partial charge in [0.2, 0.25) is 0 Å². The van der Waals surface area contributed by atoms with E-state index < -0.39 is 5.97 Å². The highest BCUT2D eigenvalue weighted by Gasteiger charge is 2.35. The third-order valence-corrected chi connectivity index (χ3v) is 6.77. The maximum Gasteiger partial charge on any atom is 0.343 e. The van der Waals surface area contributed by atoms with Crippen LogP contribution in [0.2, 0.25) is 0 Å². The van der Waals surface area contributed by atoms with Gasteiger partial charge in [0.25, 0.3) is 5.91 Å². The molecule has 1 heterocycles. The molecule has 0 aromatic heterocycles. The zero-order valence-corrected chi connectivity index (χ0v) is 20.6. The van der Waals surface area contributed by atoms with Crippen molar-refractivity contribution in [3.05, 3.63) is 100.0 Å². The highest BCUT2D eigenvalue weighted by Crippen LogP contribution is 2.39. The topological polar surface area (TPSA) is 55.8 Å². The molecule has 0 unspecified atom stereocenters. The Labute approximate surface area is 208 Å². The number of methoxy groups -OCH3 is 1. The lowest BCUT2D eigenvalue weighted by Crippen LogP contribution is -2.30. The monoisotopic (exact) mass is 489 g/mol. The number of hydrogen-bond donors (Lipinski definition) is 0. The van der Waals surface area contributed by atoms with E-state index in [0.29, 0.717) is 26.3 Å². The lowest BCUT2D eigenvalue weighted by molar-refractivity contribution is -0.123. The van der Waals surface area contributed by atoms with Crippen molar-refractivity contribution in [2.24, 2.45) is 0 Å². The van der Waals surface area contributed by atoms with E-state index in [1.807, 2.05) is 50.2 Å². The zero-order chi connectivity index (χ0) is 24.2. The molecule has 1 aliphatic heterocycles. The van der Waals surface area contributed by atoms with Crippen LogP contribution in [0.5, 0.6) is 11.5 Å². The number of thioether (sulfide) groups is 1. The van der Waals surface area contributed by atoms with E-state index in [9.17, 15) is 9.59 Å². The molecular formula is C27H23NO4S2. The van der Waals surface area contributed by atoms with Crippen LogP contribution >= 0.6 is 24.0 Å². The highest BCUT2D eigenvalue weighted by molar-refractivity contribution is 8.26. The lowest BCUT2D eigenvalue weighted by atomic mass is 10.1. The summed E-state index contributed by atoms with van der Waals surface area (Å²) in [6, 6.07) is 22.0. The van der Waals surface area contributed by atoms with Gasteiger partial charge in [0.05, 0.1) is 23.6 Å². The van der Waals surface area contributed by atoms with E-state index >= 15 is 0 Å². The van der Waals surface area contributed by atoms with Gasteiger partial charge in [-0.15, -0.1) is 0 Å². The van der Waals surface area contributed by atoms with Gasteiger partial charge in [0, 0.05) is 0 Å². The molecule has 4 rings (SSSR count). The molecule has 3 aromatic rings. The van der Waals surface area contributed by atoms with Crippen molar-refractivity contribution in [2.75, 3.05) is 7.11 Å². The molecule has 0 spiro atoms. The molecule has 7 heteroatoms. The quantitative estimate of drug-likeness (QED) is 0.178. The van der Waals surface area contributed by atoms with E-state index in [1.54, 1.807) is 47.4 Å². The largest absolute Gasteiger partial charge is 0.493 e. The minimum absolute atomic E-state index is 0.139. The summed E-state index contributed by atoms with van der Waals surface area (Å²) >= 11 is 6.77. The lowest BCUT2D eigenvalue weighted by Gasteiger charge is -2.23. The predicted molar refractivity (Wildman–Crippen MR) is 139 cm³/mol. The molecule has 1 atom stereocenters. The number of thiocarbonyl (C=S) groups is 1. The molecule has 0 radical (unpaired) electrons. The molecule has 1 saturated heterocycles. The van der Waals surface area contributed by atoms with Crippen molar-refractivity contribution < 1.29 is 19.1 Å². The first-order chi connectivity index (χ1) is 16.4. The number of benzene rings is 3. The number of hydrogen-bond acceptors (Lipinski definition) is 6. The SMILES string of the molecule is COc1cc(/C=C2/SC(=S)N([C@@H](C)c3ccccc3)C2=O)ccc1OC(=O)c1cccc(C)c1. The number of esters is 1. The first-order valence-corrected chi connectivity index (χ1v) is 11.9. The third kappa shape index (κ3) is 5.05. The average Bonchev–Trinajstić information content (AvgIpc) is 3.12. The Morgan fingerprint density at radius 1 is 1.03 bits per heavy atom. The summed E-state index contributed by atoms with van der Waals surface area (Å²) in [5.41, 5.74) is 3.18. The molecule has 0 N–H and O–H groups in total. The van der Waals surface area contributed by atoms with E-state index in [0.717, 1.165) is 16.7 Å². The summed E-state index contributed by atoms with van der Waals surface area (Å²) < 4.78 is 11.5. The summed E-state index contributed by atoms with van der Waals surface area (Å²) in [5.74, 6) is 0.0880. The summed E-state index contributed by atoms with van der Waals surface area (Å²) in [4.78, 5) is 27.8. The predicted octanol–water partition coefficient (Wildman–Crippen LogP) is 6.19. The molecule has 0 bridgehead atoms. The number of rotatable bonds is 6. The Hall–Kier alpha value is -3.42. The van der Waals surface area contributed by atoms with Gasteiger partial charge in [-0.3, -0.25) is 9.69 Å². The fourth-order valence-corrected chi connectivity index (χ4v) is 5.05. The molecule has 5 nitrogen and oxygen atoms in total. The average molecular weight is 490 g/mol. The summed E-state index contributed by atoms with van der Waals surface area (Å²) in [6.07, 6.45) is 1.77. The van der Waals surface area contributed by atoms with Gasteiger partial charge >= 0.3 is 5.97 Å². The van der Waals surface area contributed by atoms with Crippen molar-refractivity contribution >= 4 is 46.3 Å². The Morgan fingerprint density at radius 3 is 2.50 bits per heavy atom. The van der Waals surface area contributed by atoms with Crippen molar-refractivity contribution in [1.82, 2.24) is 4.90 Å². The number of nitrogens with zero attached hydrogens (tertiary/aromatic N) is 1. The molecule has 1 fully saturated rings. The van der Waals surface area contributed by atoms with E-state index in [1.165, 1.54) is 18.9 Å². The van der Waals surface area contributed by atoms with Gasteiger partial charge < -0.3 is 9.47 Å². The first kappa shape index (κ1) is 23.7. The van der Waals surface area contributed by atoms with Crippen molar-refractivity contribution in [1.29, 1.82) is 0 Å². The van der Waals surface area contributed by atoms with E-state index in [4.69, 9.17) is 21.7 Å². The van der Waals surface area contributed by atoms with Crippen LogP contribution < -0.4 is 9.47 Å². The second-order valence-corrected chi connectivity index (χ2v) is 9.48. The number of carbonyl (C=O) groups is 2. The van der Waals surface area contributed by atoms with Gasteiger partial charge in [-0.2, -0.15) is 0 Å². The van der Waals surface area contributed by atoms with Crippen LogP contribution in [0.4, 0.5) is 0 Å². The van der Waals surface area contributed by atoms with Gasteiger partial charge in [-0.1, -0.05) is 78.1 Å². The van der Waals surface area contributed by atoms with Crippen LogP contribution in [0.1, 0.15) is 40.0 Å². The van der Waals surface area contributed by atoms with Gasteiger partial charge in [-0.25, -0.2) is 4.79 Å². The molecule has 1 aliphatic rings. The summed E-state index contributed by atoms with van der Waals surface area (Å²) in [5, 5.41) is 0. The van der Waals surface area contributed by atoms with E-state index in [-0.39, 0.29) is 11.9 Å². The van der Waals surface area contributed by atoms with Crippen LogP contribution in [0, 0.1) is 6.92 Å². The smallest absolute Gasteiger partial charge is 0.343 e. The fourth-order valence-electron chi connectivity index (χ4n) is 3.63. The van der Waals surface area contributed by atoms with Gasteiger partial charge in [-0.05, 0) is 55.3 Å². The molecular weight excluding hydrogens is 466 g/mol. The zero-order valence-electron chi connectivity index (χ0n) is 19.0. The number of carbonyl (C=O) groups excluding carboxylic acids is 2. The Balaban J connectivity index is 1.54. The third-order valence-electron chi connectivity index (χ3n) is 5.43. The second-order valence-electron chi connectivity index (χ2n) is 7.81. The van der Waals surface area contributed by atoms with Crippen LogP contribution in [0.15, 0.2) is 77.7 Å². The Kier molecular flexibility index (Phi) is 7.14. The molecule has 1 amide bonds. The molecule has 34 heavy (non-hydrogen) atoms. The van der Waals surface area contributed by atoms with Gasteiger partial charge in [0.15, 0.2) is 11.5 Å². The van der Waals surface area contributed by atoms with Gasteiger partial charge in [0.1, 0.15) is 4.32 Å². The summed E-state index contributed by atoms with van der Waals surface area (Å²) in [6.45, 7) is 3.87.